The zero-order chi connectivity index (χ0) is 15.7. The lowest BCUT2D eigenvalue weighted by Crippen LogP contribution is -2.57. The Morgan fingerprint density at radius 2 is 1.68 bits per heavy atom. The topological polar surface area (TPSA) is 51.2 Å². The van der Waals surface area contributed by atoms with E-state index >= 15 is 0 Å². The standard InChI is InChI=1S/C19H26O3/c1-18-7-5-12(20)9-11(18)10-15(21)17-13-3-4-16(22)19(13,2)8-6-14(17)18/h11,13-14,17H,3-10H2,1-2H3/t11-,13-,14+,17+,18-,19-/m1/s1. The lowest BCUT2D eigenvalue weighted by Gasteiger charge is -2.58. The minimum atomic E-state index is -0.246. The van der Waals surface area contributed by atoms with E-state index in [1.54, 1.807) is 0 Å². The first-order valence-electron chi connectivity index (χ1n) is 8.94. The molecule has 0 aliphatic heterocycles. The number of carbonyl (C=O) groups excluding carboxylic acids is 3. The zero-order valence-corrected chi connectivity index (χ0v) is 13.7. The zero-order valence-electron chi connectivity index (χ0n) is 13.7. The third kappa shape index (κ3) is 1.71. The van der Waals surface area contributed by atoms with Gasteiger partial charge in [0.05, 0.1) is 0 Å². The van der Waals surface area contributed by atoms with E-state index in [0.29, 0.717) is 49.0 Å². The number of Topliss-reactive ketones (excluding diaryl/α,β-unsaturated/α-hetero) is 3. The molecule has 0 bridgehead atoms. The number of fused-ring (bicyclic) bond motifs is 5. The van der Waals surface area contributed by atoms with Gasteiger partial charge < -0.3 is 0 Å². The summed E-state index contributed by atoms with van der Waals surface area (Å²) in [6.07, 6.45) is 6.32. The molecule has 0 amide bonds. The van der Waals surface area contributed by atoms with Crippen LogP contribution in [-0.2, 0) is 14.4 Å². The number of hydrogen-bond donors (Lipinski definition) is 0. The minimum Gasteiger partial charge on any atom is -0.300 e. The quantitative estimate of drug-likeness (QED) is 0.689. The summed E-state index contributed by atoms with van der Waals surface area (Å²) in [6, 6.07) is 0. The molecule has 0 spiro atoms. The van der Waals surface area contributed by atoms with Crippen molar-refractivity contribution in [3.05, 3.63) is 0 Å². The Morgan fingerprint density at radius 3 is 2.45 bits per heavy atom. The van der Waals surface area contributed by atoms with Crippen molar-refractivity contribution in [1.82, 2.24) is 0 Å². The van der Waals surface area contributed by atoms with Crippen LogP contribution in [0.1, 0.15) is 65.2 Å². The second kappa shape index (κ2) is 4.52. The molecule has 4 rings (SSSR count). The van der Waals surface area contributed by atoms with Gasteiger partial charge in [0.15, 0.2) is 0 Å². The summed E-state index contributed by atoms with van der Waals surface area (Å²) >= 11 is 0. The van der Waals surface area contributed by atoms with Crippen LogP contribution < -0.4 is 0 Å². The monoisotopic (exact) mass is 302 g/mol. The van der Waals surface area contributed by atoms with Crippen molar-refractivity contribution in [2.75, 3.05) is 0 Å². The summed E-state index contributed by atoms with van der Waals surface area (Å²) in [4.78, 5) is 37.1. The molecule has 0 radical (unpaired) electrons. The van der Waals surface area contributed by atoms with Gasteiger partial charge in [-0.05, 0) is 48.9 Å². The summed E-state index contributed by atoms with van der Waals surface area (Å²) in [5.74, 6) is 2.08. The van der Waals surface area contributed by atoms with E-state index in [0.717, 1.165) is 25.7 Å². The molecule has 0 unspecified atom stereocenters. The van der Waals surface area contributed by atoms with Crippen LogP contribution in [0.25, 0.3) is 0 Å². The molecule has 0 saturated heterocycles. The predicted octanol–water partition coefficient (Wildman–Crippen LogP) is 3.35. The molecule has 0 aromatic rings. The molecule has 4 aliphatic carbocycles. The van der Waals surface area contributed by atoms with E-state index in [2.05, 4.69) is 13.8 Å². The first-order chi connectivity index (χ1) is 10.4. The van der Waals surface area contributed by atoms with Gasteiger partial charge in [-0.15, -0.1) is 0 Å². The average molecular weight is 302 g/mol. The van der Waals surface area contributed by atoms with Crippen molar-refractivity contribution < 1.29 is 14.4 Å². The highest BCUT2D eigenvalue weighted by molar-refractivity contribution is 5.91. The number of carbonyl (C=O) groups is 3. The van der Waals surface area contributed by atoms with E-state index in [4.69, 9.17) is 0 Å². The Bertz CT molecular complexity index is 565. The molecule has 3 heteroatoms. The van der Waals surface area contributed by atoms with E-state index in [-0.39, 0.29) is 28.6 Å². The number of rotatable bonds is 0. The van der Waals surface area contributed by atoms with E-state index in [9.17, 15) is 14.4 Å². The largest absolute Gasteiger partial charge is 0.300 e. The van der Waals surface area contributed by atoms with Crippen molar-refractivity contribution in [3.8, 4) is 0 Å². The Kier molecular flexibility index (Phi) is 3.00. The second-order valence-electron chi connectivity index (χ2n) is 8.77. The Morgan fingerprint density at radius 1 is 0.909 bits per heavy atom. The van der Waals surface area contributed by atoms with Crippen molar-refractivity contribution in [2.45, 2.75) is 65.2 Å². The van der Waals surface area contributed by atoms with Gasteiger partial charge in [0, 0.05) is 37.0 Å². The lowest BCUT2D eigenvalue weighted by atomic mass is 9.45. The molecule has 4 fully saturated rings. The Hall–Kier alpha value is -0.990. The fraction of sp³-hybridized carbons (Fsp3) is 0.842. The highest BCUT2D eigenvalue weighted by Crippen LogP contribution is 2.64. The van der Waals surface area contributed by atoms with Gasteiger partial charge in [-0.25, -0.2) is 0 Å². The van der Waals surface area contributed by atoms with Crippen LogP contribution in [-0.4, -0.2) is 17.3 Å². The fourth-order valence-corrected chi connectivity index (χ4v) is 6.50. The number of ketones is 3. The maximum absolute atomic E-state index is 12.9. The molecule has 6 atom stereocenters. The van der Waals surface area contributed by atoms with Crippen molar-refractivity contribution in [3.63, 3.8) is 0 Å². The van der Waals surface area contributed by atoms with Gasteiger partial charge >= 0.3 is 0 Å². The average Bonchev–Trinajstić information content (AvgIpc) is 2.77. The van der Waals surface area contributed by atoms with Gasteiger partial charge in [-0.1, -0.05) is 13.8 Å². The van der Waals surface area contributed by atoms with Crippen molar-refractivity contribution in [1.29, 1.82) is 0 Å². The van der Waals surface area contributed by atoms with Crippen LogP contribution in [0.15, 0.2) is 0 Å². The van der Waals surface area contributed by atoms with Crippen LogP contribution in [0.2, 0.25) is 0 Å². The van der Waals surface area contributed by atoms with Crippen LogP contribution in [0.4, 0.5) is 0 Å². The van der Waals surface area contributed by atoms with Crippen molar-refractivity contribution in [2.24, 2.45) is 34.5 Å². The fourth-order valence-electron chi connectivity index (χ4n) is 6.50. The third-order valence-corrected chi connectivity index (χ3v) is 8.00. The molecule has 3 nitrogen and oxygen atoms in total. The van der Waals surface area contributed by atoms with Crippen LogP contribution >= 0.6 is 0 Å². The molecule has 22 heavy (non-hydrogen) atoms. The highest BCUT2D eigenvalue weighted by atomic mass is 16.1. The molecule has 0 heterocycles. The SMILES string of the molecule is C[C@@]12CCC(=O)C[C@@H]1CC(=O)[C@H]1[C@H]3CCC(=O)[C@]3(C)CC[C@@H]12. The summed E-state index contributed by atoms with van der Waals surface area (Å²) in [5, 5.41) is 0. The van der Waals surface area contributed by atoms with Crippen molar-refractivity contribution >= 4 is 17.3 Å². The van der Waals surface area contributed by atoms with Gasteiger partial charge in [-0.3, -0.25) is 14.4 Å². The maximum Gasteiger partial charge on any atom is 0.139 e. The lowest BCUT2D eigenvalue weighted by molar-refractivity contribution is -0.158. The summed E-state index contributed by atoms with van der Waals surface area (Å²) in [5.41, 5.74) is -0.107. The van der Waals surface area contributed by atoms with Gasteiger partial charge in [0.1, 0.15) is 17.3 Å². The molecule has 0 aromatic heterocycles. The number of hydrogen-bond acceptors (Lipinski definition) is 3. The molecule has 0 N–H and O–H groups in total. The molecular weight excluding hydrogens is 276 g/mol. The second-order valence-corrected chi connectivity index (χ2v) is 8.77. The van der Waals surface area contributed by atoms with E-state index in [1.165, 1.54) is 0 Å². The highest BCUT2D eigenvalue weighted by Gasteiger charge is 2.62. The van der Waals surface area contributed by atoms with Gasteiger partial charge in [0.2, 0.25) is 0 Å². The minimum absolute atomic E-state index is 0.0830. The first-order valence-corrected chi connectivity index (χ1v) is 8.94. The van der Waals surface area contributed by atoms with Crippen LogP contribution in [0.5, 0.6) is 0 Å². The Balaban J connectivity index is 1.72. The molecule has 0 aromatic carbocycles. The third-order valence-electron chi connectivity index (χ3n) is 8.00. The summed E-state index contributed by atoms with van der Waals surface area (Å²) in [6.45, 7) is 4.43. The van der Waals surface area contributed by atoms with Gasteiger partial charge in [0.25, 0.3) is 0 Å². The van der Waals surface area contributed by atoms with E-state index in [1.807, 2.05) is 0 Å². The Labute approximate surface area is 132 Å². The molecule has 4 aliphatic rings. The van der Waals surface area contributed by atoms with Gasteiger partial charge in [-0.2, -0.15) is 0 Å². The molecular formula is C19H26O3. The smallest absolute Gasteiger partial charge is 0.139 e. The predicted molar refractivity (Wildman–Crippen MR) is 82.1 cm³/mol. The maximum atomic E-state index is 12.9. The normalized spacial score (nSPS) is 51.3. The first kappa shape index (κ1) is 14.6. The molecule has 4 saturated carbocycles. The summed E-state index contributed by atoms with van der Waals surface area (Å²) in [7, 11) is 0. The van der Waals surface area contributed by atoms with Crippen LogP contribution in [0.3, 0.4) is 0 Å². The molecule has 120 valence electrons. The van der Waals surface area contributed by atoms with Crippen LogP contribution in [0, 0.1) is 34.5 Å². The summed E-state index contributed by atoms with van der Waals surface area (Å²) < 4.78 is 0. The van der Waals surface area contributed by atoms with E-state index < -0.39 is 0 Å².